The highest BCUT2D eigenvalue weighted by molar-refractivity contribution is 7.91. The molecule has 0 aliphatic rings. The molecule has 0 unspecified atom stereocenters. The first-order valence-electron chi connectivity index (χ1n) is 5.78. The largest absolute Gasteiger partial charge is 0.263 e. The Morgan fingerprint density at radius 2 is 1.95 bits per heavy atom. The summed E-state index contributed by atoms with van der Waals surface area (Å²) in [6.45, 7) is 3.46. The molecule has 0 amide bonds. The molecule has 0 aromatic carbocycles. The lowest BCUT2D eigenvalue weighted by molar-refractivity contribution is 0.369. The quantitative estimate of drug-likeness (QED) is 0.765. The average molecular weight is 306 g/mol. The fourth-order valence-corrected chi connectivity index (χ4v) is 4.63. The summed E-state index contributed by atoms with van der Waals surface area (Å²) in [5.41, 5.74) is 0. The Kier molecular flexibility index (Phi) is 5.05. The van der Waals surface area contributed by atoms with Gasteiger partial charge in [-0.25, -0.2) is 16.8 Å². The minimum atomic E-state index is -3.72. The number of aromatic nitrogens is 1. The zero-order valence-electron chi connectivity index (χ0n) is 11.1. The molecule has 6 nitrogen and oxygen atoms in total. The van der Waals surface area contributed by atoms with Gasteiger partial charge >= 0.3 is 0 Å². The van der Waals surface area contributed by atoms with E-state index in [9.17, 15) is 16.8 Å². The third-order valence-corrected chi connectivity index (χ3v) is 5.75. The summed E-state index contributed by atoms with van der Waals surface area (Å²) in [6.07, 6.45) is 3.83. The summed E-state index contributed by atoms with van der Waals surface area (Å²) in [5, 5.41) is 0. The van der Waals surface area contributed by atoms with Gasteiger partial charge in [0.2, 0.25) is 10.0 Å². The van der Waals surface area contributed by atoms with Crippen LogP contribution in [0.1, 0.15) is 13.8 Å². The van der Waals surface area contributed by atoms with Gasteiger partial charge in [-0.15, -0.1) is 0 Å². The molecule has 1 heterocycles. The van der Waals surface area contributed by atoms with Crippen molar-refractivity contribution in [3.63, 3.8) is 0 Å². The van der Waals surface area contributed by atoms with Crippen LogP contribution in [0.15, 0.2) is 29.4 Å². The fraction of sp³-hybridized carbons (Fsp3) is 0.545. The molecule has 0 saturated heterocycles. The molecule has 108 valence electrons. The van der Waals surface area contributed by atoms with Crippen molar-refractivity contribution in [1.29, 1.82) is 0 Å². The molecule has 0 aliphatic carbocycles. The Morgan fingerprint density at radius 1 is 1.32 bits per heavy atom. The van der Waals surface area contributed by atoms with E-state index in [-0.39, 0.29) is 17.2 Å². The number of rotatable bonds is 6. The Bertz CT molecular complexity index is 611. The van der Waals surface area contributed by atoms with Crippen molar-refractivity contribution in [3.8, 4) is 0 Å². The van der Waals surface area contributed by atoms with Crippen LogP contribution in [0.3, 0.4) is 0 Å². The lowest BCUT2D eigenvalue weighted by Gasteiger charge is -2.26. The molecule has 1 aromatic heterocycles. The Hall–Kier alpha value is -0.990. The summed E-state index contributed by atoms with van der Waals surface area (Å²) >= 11 is 0. The van der Waals surface area contributed by atoms with E-state index in [2.05, 4.69) is 4.98 Å². The summed E-state index contributed by atoms with van der Waals surface area (Å²) in [5.74, 6) is -0.208. The van der Waals surface area contributed by atoms with Gasteiger partial charge in [-0.1, -0.05) is 6.92 Å². The number of pyridine rings is 1. The third kappa shape index (κ3) is 4.26. The minimum Gasteiger partial charge on any atom is -0.263 e. The highest BCUT2D eigenvalue weighted by Crippen LogP contribution is 2.17. The molecule has 0 radical (unpaired) electrons. The molecular weight excluding hydrogens is 288 g/mol. The molecule has 19 heavy (non-hydrogen) atoms. The van der Waals surface area contributed by atoms with Crippen LogP contribution in [-0.4, -0.2) is 50.7 Å². The van der Waals surface area contributed by atoms with Crippen LogP contribution in [0, 0.1) is 0 Å². The van der Waals surface area contributed by atoms with Crippen molar-refractivity contribution < 1.29 is 16.8 Å². The van der Waals surface area contributed by atoms with Gasteiger partial charge < -0.3 is 0 Å². The standard InChI is InChI=1S/C11H18N2O4S2/c1-4-13(10(2)9-18(3,14)15)19(16,17)11-6-5-7-12-8-11/h5-8,10H,4,9H2,1-3H3/t10-/m0/s1. The van der Waals surface area contributed by atoms with Crippen molar-refractivity contribution in [2.45, 2.75) is 24.8 Å². The fourth-order valence-electron chi connectivity index (χ4n) is 1.87. The van der Waals surface area contributed by atoms with E-state index in [4.69, 9.17) is 0 Å². The summed E-state index contributed by atoms with van der Waals surface area (Å²) in [4.78, 5) is 3.84. The van der Waals surface area contributed by atoms with Gasteiger partial charge in [-0.05, 0) is 19.1 Å². The van der Waals surface area contributed by atoms with Crippen LogP contribution >= 0.6 is 0 Å². The van der Waals surface area contributed by atoms with E-state index in [1.165, 1.54) is 28.8 Å². The van der Waals surface area contributed by atoms with Gasteiger partial charge in [0.05, 0.1) is 5.75 Å². The highest BCUT2D eigenvalue weighted by atomic mass is 32.2. The number of sulfone groups is 1. The predicted octanol–water partition coefficient (Wildman–Crippen LogP) is 0.525. The lowest BCUT2D eigenvalue weighted by atomic mass is 10.4. The number of hydrogen-bond donors (Lipinski definition) is 0. The molecule has 0 saturated carbocycles. The second-order valence-electron chi connectivity index (χ2n) is 4.34. The van der Waals surface area contributed by atoms with E-state index >= 15 is 0 Å². The van der Waals surface area contributed by atoms with Gasteiger partial charge in [0.25, 0.3) is 0 Å². The maximum Gasteiger partial charge on any atom is 0.244 e. The first kappa shape index (κ1) is 16.1. The molecular formula is C11H18N2O4S2. The van der Waals surface area contributed by atoms with Crippen molar-refractivity contribution >= 4 is 19.9 Å². The highest BCUT2D eigenvalue weighted by Gasteiger charge is 2.29. The Balaban J connectivity index is 3.10. The molecule has 0 aliphatic heterocycles. The summed E-state index contributed by atoms with van der Waals surface area (Å²) in [6, 6.07) is 2.35. The summed E-state index contributed by atoms with van der Waals surface area (Å²) < 4.78 is 48.5. The van der Waals surface area contributed by atoms with Crippen molar-refractivity contribution in [2.24, 2.45) is 0 Å². The number of nitrogens with zero attached hydrogens (tertiary/aromatic N) is 2. The van der Waals surface area contributed by atoms with E-state index in [1.807, 2.05) is 0 Å². The van der Waals surface area contributed by atoms with Crippen molar-refractivity contribution in [1.82, 2.24) is 9.29 Å². The van der Waals surface area contributed by atoms with Crippen LogP contribution in [0.5, 0.6) is 0 Å². The Morgan fingerprint density at radius 3 is 2.37 bits per heavy atom. The third-order valence-electron chi connectivity index (χ3n) is 2.59. The monoisotopic (exact) mass is 306 g/mol. The number of hydrogen-bond acceptors (Lipinski definition) is 5. The van der Waals surface area contributed by atoms with E-state index in [0.29, 0.717) is 0 Å². The topological polar surface area (TPSA) is 84.4 Å². The van der Waals surface area contributed by atoms with Crippen LogP contribution in [0.25, 0.3) is 0 Å². The molecule has 1 aromatic rings. The van der Waals surface area contributed by atoms with Gasteiger partial charge in [0, 0.05) is 31.2 Å². The first-order valence-corrected chi connectivity index (χ1v) is 9.28. The van der Waals surface area contributed by atoms with Crippen LogP contribution < -0.4 is 0 Å². The molecule has 1 rings (SSSR count). The van der Waals surface area contributed by atoms with E-state index in [1.54, 1.807) is 13.8 Å². The zero-order chi connectivity index (χ0) is 14.7. The molecule has 1 atom stereocenters. The molecule has 0 fully saturated rings. The van der Waals surface area contributed by atoms with Crippen LogP contribution in [-0.2, 0) is 19.9 Å². The maximum absolute atomic E-state index is 12.4. The van der Waals surface area contributed by atoms with Crippen molar-refractivity contribution in [3.05, 3.63) is 24.5 Å². The molecule has 8 heteroatoms. The molecule has 0 bridgehead atoms. The van der Waals surface area contributed by atoms with E-state index < -0.39 is 25.9 Å². The average Bonchev–Trinajstić information content (AvgIpc) is 2.28. The smallest absolute Gasteiger partial charge is 0.244 e. The van der Waals surface area contributed by atoms with Crippen LogP contribution in [0.4, 0.5) is 0 Å². The van der Waals surface area contributed by atoms with Crippen LogP contribution in [0.2, 0.25) is 0 Å². The van der Waals surface area contributed by atoms with E-state index in [0.717, 1.165) is 6.26 Å². The van der Waals surface area contributed by atoms with Gasteiger partial charge in [0.1, 0.15) is 14.7 Å². The van der Waals surface area contributed by atoms with Crippen molar-refractivity contribution in [2.75, 3.05) is 18.6 Å². The Labute approximate surface area is 114 Å². The summed E-state index contributed by atoms with van der Waals surface area (Å²) in [7, 11) is -6.96. The van der Waals surface area contributed by atoms with Gasteiger partial charge in [-0.3, -0.25) is 4.98 Å². The van der Waals surface area contributed by atoms with Gasteiger partial charge in [-0.2, -0.15) is 4.31 Å². The first-order chi connectivity index (χ1) is 8.68. The molecule has 0 spiro atoms. The lowest BCUT2D eigenvalue weighted by Crippen LogP contribution is -2.42. The number of sulfonamides is 1. The maximum atomic E-state index is 12.4. The van der Waals surface area contributed by atoms with Gasteiger partial charge in [0.15, 0.2) is 0 Å². The second-order valence-corrected chi connectivity index (χ2v) is 8.41. The molecule has 0 N–H and O–H groups in total. The predicted molar refractivity (Wildman–Crippen MR) is 73.0 cm³/mol. The normalized spacial score (nSPS) is 14.5. The second kappa shape index (κ2) is 5.98. The SMILES string of the molecule is CCN([C@@H](C)CS(C)(=O)=O)S(=O)(=O)c1cccnc1. The minimum absolute atomic E-state index is 0.0669. The zero-order valence-corrected chi connectivity index (χ0v) is 12.8.